The number of nitrogens with one attached hydrogen (secondary N) is 1. The number of carbonyl (C=O) groups excluding carboxylic acids is 3. The molecule has 0 aromatic heterocycles. The van der Waals surface area contributed by atoms with Crippen molar-refractivity contribution in [3.05, 3.63) is 63.1 Å². The summed E-state index contributed by atoms with van der Waals surface area (Å²) in [6.45, 7) is 3.75. The van der Waals surface area contributed by atoms with Crippen molar-refractivity contribution in [1.29, 1.82) is 0 Å². The van der Waals surface area contributed by atoms with Gasteiger partial charge in [-0.05, 0) is 76.8 Å². The molecule has 0 radical (unpaired) electrons. The summed E-state index contributed by atoms with van der Waals surface area (Å²) in [4.78, 5) is 38.4. The molecule has 0 unspecified atom stereocenters. The van der Waals surface area contributed by atoms with Crippen molar-refractivity contribution in [2.45, 2.75) is 13.8 Å². The van der Waals surface area contributed by atoms with Gasteiger partial charge >= 0.3 is 6.03 Å². The number of hydrogen-bond acceptors (Lipinski definition) is 4. The molecular formula is C20H17BrN2O4. The number of hydrogen-bond donors (Lipinski definition) is 1. The first-order chi connectivity index (χ1) is 12.8. The molecule has 2 aromatic rings. The highest BCUT2D eigenvalue weighted by Crippen LogP contribution is 2.28. The zero-order chi connectivity index (χ0) is 19.7. The lowest BCUT2D eigenvalue weighted by Crippen LogP contribution is -2.54. The minimum Gasteiger partial charge on any atom is -0.496 e. The zero-order valence-corrected chi connectivity index (χ0v) is 16.6. The maximum Gasteiger partial charge on any atom is 0.335 e. The van der Waals surface area contributed by atoms with Crippen molar-refractivity contribution >= 4 is 45.5 Å². The molecule has 0 saturated carbocycles. The van der Waals surface area contributed by atoms with Crippen LogP contribution >= 0.6 is 15.9 Å². The van der Waals surface area contributed by atoms with Gasteiger partial charge in [0.1, 0.15) is 11.3 Å². The second-order valence-electron chi connectivity index (χ2n) is 6.20. The van der Waals surface area contributed by atoms with Crippen LogP contribution in [0.25, 0.3) is 6.08 Å². The Balaban J connectivity index is 2.03. The van der Waals surface area contributed by atoms with Crippen LogP contribution in [0.1, 0.15) is 16.7 Å². The zero-order valence-electron chi connectivity index (χ0n) is 15.0. The Morgan fingerprint density at radius 2 is 1.70 bits per heavy atom. The average Bonchev–Trinajstić information content (AvgIpc) is 2.57. The second kappa shape index (κ2) is 7.36. The number of nitrogens with zero attached hydrogens (tertiary/aromatic N) is 1. The predicted molar refractivity (Wildman–Crippen MR) is 106 cm³/mol. The summed E-state index contributed by atoms with van der Waals surface area (Å²) in [5, 5.41) is 2.23. The Morgan fingerprint density at radius 1 is 1.04 bits per heavy atom. The van der Waals surface area contributed by atoms with Gasteiger partial charge in [-0.25, -0.2) is 9.69 Å². The summed E-state index contributed by atoms with van der Waals surface area (Å²) < 4.78 is 5.86. The molecule has 0 bridgehead atoms. The van der Waals surface area contributed by atoms with Gasteiger partial charge in [-0.15, -0.1) is 0 Å². The highest BCUT2D eigenvalue weighted by Gasteiger charge is 2.36. The van der Waals surface area contributed by atoms with Crippen molar-refractivity contribution in [2.24, 2.45) is 0 Å². The number of rotatable bonds is 3. The monoisotopic (exact) mass is 428 g/mol. The van der Waals surface area contributed by atoms with Gasteiger partial charge in [0.2, 0.25) is 0 Å². The van der Waals surface area contributed by atoms with Gasteiger partial charge in [0.25, 0.3) is 11.8 Å². The van der Waals surface area contributed by atoms with E-state index in [0.717, 1.165) is 16.0 Å². The summed E-state index contributed by atoms with van der Waals surface area (Å²) in [5.74, 6) is -0.762. The molecule has 1 heterocycles. The first kappa shape index (κ1) is 18.8. The molecule has 1 saturated heterocycles. The van der Waals surface area contributed by atoms with Gasteiger partial charge in [-0.3, -0.25) is 14.9 Å². The Bertz CT molecular complexity index is 977. The maximum atomic E-state index is 12.9. The third-order valence-electron chi connectivity index (χ3n) is 4.05. The molecule has 1 aliphatic heterocycles. The van der Waals surface area contributed by atoms with Crippen molar-refractivity contribution in [3.8, 4) is 5.75 Å². The first-order valence-corrected chi connectivity index (χ1v) is 8.92. The molecule has 138 valence electrons. The van der Waals surface area contributed by atoms with Crippen LogP contribution in [0.3, 0.4) is 0 Å². The van der Waals surface area contributed by atoms with Gasteiger partial charge in [0, 0.05) is 0 Å². The number of halogens is 1. The number of imide groups is 2. The maximum absolute atomic E-state index is 12.9. The van der Waals surface area contributed by atoms with Gasteiger partial charge < -0.3 is 4.74 Å². The molecule has 4 amide bonds. The number of methoxy groups -OCH3 is 1. The van der Waals surface area contributed by atoms with Crippen LogP contribution in [0.2, 0.25) is 0 Å². The second-order valence-corrected chi connectivity index (χ2v) is 7.05. The van der Waals surface area contributed by atoms with Gasteiger partial charge in [0.05, 0.1) is 17.3 Å². The van der Waals surface area contributed by atoms with Crippen molar-refractivity contribution in [3.63, 3.8) is 0 Å². The van der Waals surface area contributed by atoms with E-state index >= 15 is 0 Å². The van der Waals surface area contributed by atoms with E-state index in [-0.39, 0.29) is 5.57 Å². The van der Waals surface area contributed by atoms with E-state index < -0.39 is 17.8 Å². The molecule has 3 rings (SSSR count). The highest BCUT2D eigenvalue weighted by atomic mass is 79.9. The SMILES string of the molecule is COc1ccc(C=C2C(=O)NC(=O)N(c3cc(C)cc(C)c3)C2=O)cc1Br. The van der Waals surface area contributed by atoms with Crippen molar-refractivity contribution in [2.75, 3.05) is 12.0 Å². The number of urea groups is 1. The Kier molecular flexibility index (Phi) is 5.14. The van der Waals surface area contributed by atoms with Crippen molar-refractivity contribution in [1.82, 2.24) is 5.32 Å². The van der Waals surface area contributed by atoms with E-state index in [1.165, 1.54) is 6.08 Å². The summed E-state index contributed by atoms with van der Waals surface area (Å²) in [5.41, 5.74) is 2.74. The number of barbiturate groups is 1. The first-order valence-electron chi connectivity index (χ1n) is 8.13. The molecule has 2 aromatic carbocycles. The number of carbonyl (C=O) groups is 3. The third kappa shape index (κ3) is 3.78. The normalized spacial score (nSPS) is 15.9. The lowest BCUT2D eigenvalue weighted by molar-refractivity contribution is -0.122. The molecule has 1 N–H and O–H groups in total. The minimum absolute atomic E-state index is 0.120. The van der Waals surface area contributed by atoms with Gasteiger partial charge in [-0.1, -0.05) is 12.1 Å². The molecule has 1 fully saturated rings. The van der Waals surface area contributed by atoms with E-state index in [9.17, 15) is 14.4 Å². The molecule has 6 nitrogen and oxygen atoms in total. The number of amides is 4. The Labute approximate surface area is 164 Å². The minimum atomic E-state index is -0.761. The molecule has 0 aliphatic carbocycles. The van der Waals surface area contributed by atoms with Crippen LogP contribution in [0.4, 0.5) is 10.5 Å². The van der Waals surface area contributed by atoms with Crippen LogP contribution in [0.5, 0.6) is 5.75 Å². The standard InChI is InChI=1S/C20H17BrN2O4/c1-11-6-12(2)8-14(7-11)23-19(25)15(18(24)22-20(23)26)9-13-4-5-17(27-3)16(21)10-13/h4-10H,1-3H3,(H,22,24,26). The van der Waals surface area contributed by atoms with E-state index in [1.54, 1.807) is 37.4 Å². The molecule has 27 heavy (non-hydrogen) atoms. The molecule has 1 aliphatic rings. The average molecular weight is 429 g/mol. The largest absolute Gasteiger partial charge is 0.496 e. The van der Waals surface area contributed by atoms with Crippen LogP contribution in [0, 0.1) is 13.8 Å². The number of benzene rings is 2. The fourth-order valence-corrected chi connectivity index (χ4v) is 3.47. The Hall–Kier alpha value is -2.93. The predicted octanol–water partition coefficient (Wildman–Crippen LogP) is 3.74. The van der Waals surface area contributed by atoms with E-state index in [1.807, 2.05) is 19.9 Å². The van der Waals surface area contributed by atoms with Crippen LogP contribution in [0.15, 0.2) is 46.4 Å². The number of aryl methyl sites for hydroxylation is 2. The van der Waals surface area contributed by atoms with E-state index in [0.29, 0.717) is 21.5 Å². The molecular weight excluding hydrogens is 412 g/mol. The van der Waals surface area contributed by atoms with E-state index in [2.05, 4.69) is 21.2 Å². The van der Waals surface area contributed by atoms with Gasteiger partial charge in [-0.2, -0.15) is 0 Å². The topological polar surface area (TPSA) is 75.7 Å². The smallest absolute Gasteiger partial charge is 0.335 e. The molecule has 7 heteroatoms. The summed E-state index contributed by atoms with van der Waals surface area (Å²) in [6.07, 6.45) is 1.45. The van der Waals surface area contributed by atoms with Crippen LogP contribution in [-0.4, -0.2) is 25.0 Å². The van der Waals surface area contributed by atoms with Crippen LogP contribution < -0.4 is 15.0 Å². The Morgan fingerprint density at radius 3 is 2.30 bits per heavy atom. The lowest BCUT2D eigenvalue weighted by Gasteiger charge is -2.27. The quantitative estimate of drug-likeness (QED) is 0.596. The van der Waals surface area contributed by atoms with E-state index in [4.69, 9.17) is 4.74 Å². The number of anilines is 1. The summed E-state index contributed by atoms with van der Waals surface area (Å²) in [6, 6.07) is 9.78. The summed E-state index contributed by atoms with van der Waals surface area (Å²) in [7, 11) is 1.55. The van der Waals surface area contributed by atoms with Gasteiger partial charge in [0.15, 0.2) is 0 Å². The lowest BCUT2D eigenvalue weighted by atomic mass is 10.1. The van der Waals surface area contributed by atoms with Crippen molar-refractivity contribution < 1.29 is 19.1 Å². The molecule has 0 spiro atoms. The summed E-state index contributed by atoms with van der Waals surface area (Å²) >= 11 is 3.37. The van der Waals surface area contributed by atoms with Crippen LogP contribution in [-0.2, 0) is 9.59 Å². The fourth-order valence-electron chi connectivity index (χ4n) is 2.91. The number of ether oxygens (including phenoxy) is 1. The molecule has 0 atom stereocenters. The highest BCUT2D eigenvalue weighted by molar-refractivity contribution is 9.10. The fraction of sp³-hybridized carbons (Fsp3) is 0.150. The third-order valence-corrected chi connectivity index (χ3v) is 4.67.